The number of nitrogens with one attached hydrogen (secondary N) is 1. The molecule has 1 heterocycles. The van der Waals surface area contributed by atoms with E-state index in [4.69, 9.17) is 23.2 Å². The SMILES string of the molecule is Cc1nn(C)c(Cl)c1CNc1cc(Cl)ccc1Br. The summed E-state index contributed by atoms with van der Waals surface area (Å²) in [5, 5.41) is 8.91. The molecule has 0 unspecified atom stereocenters. The van der Waals surface area contributed by atoms with Crippen LogP contribution in [-0.4, -0.2) is 9.78 Å². The Labute approximate surface area is 124 Å². The molecule has 2 rings (SSSR count). The lowest BCUT2D eigenvalue weighted by molar-refractivity contribution is 0.757. The third kappa shape index (κ3) is 2.82. The Morgan fingerprint density at radius 1 is 1.39 bits per heavy atom. The summed E-state index contributed by atoms with van der Waals surface area (Å²) < 4.78 is 2.63. The summed E-state index contributed by atoms with van der Waals surface area (Å²) in [6.07, 6.45) is 0. The van der Waals surface area contributed by atoms with Gasteiger partial charge < -0.3 is 5.32 Å². The first-order chi connectivity index (χ1) is 8.49. The Balaban J connectivity index is 2.19. The smallest absolute Gasteiger partial charge is 0.131 e. The van der Waals surface area contributed by atoms with Crippen molar-refractivity contribution in [3.63, 3.8) is 0 Å². The zero-order valence-electron chi connectivity index (χ0n) is 9.97. The lowest BCUT2D eigenvalue weighted by Crippen LogP contribution is -2.01. The molecule has 6 heteroatoms. The van der Waals surface area contributed by atoms with Gasteiger partial charge in [-0.1, -0.05) is 23.2 Å². The van der Waals surface area contributed by atoms with Gasteiger partial charge in [-0.3, -0.25) is 4.68 Å². The first kappa shape index (κ1) is 13.7. The zero-order valence-corrected chi connectivity index (χ0v) is 13.1. The van der Waals surface area contributed by atoms with Crippen LogP contribution in [0.1, 0.15) is 11.3 Å². The van der Waals surface area contributed by atoms with Crippen LogP contribution in [0.25, 0.3) is 0 Å². The highest BCUT2D eigenvalue weighted by Crippen LogP contribution is 2.27. The average molecular weight is 349 g/mol. The van der Waals surface area contributed by atoms with Crippen molar-refractivity contribution < 1.29 is 0 Å². The normalized spacial score (nSPS) is 10.7. The van der Waals surface area contributed by atoms with E-state index >= 15 is 0 Å². The number of anilines is 1. The monoisotopic (exact) mass is 347 g/mol. The van der Waals surface area contributed by atoms with Crippen LogP contribution >= 0.6 is 39.1 Å². The summed E-state index contributed by atoms with van der Waals surface area (Å²) in [4.78, 5) is 0. The number of hydrogen-bond acceptors (Lipinski definition) is 2. The molecule has 0 saturated carbocycles. The Bertz CT molecular complexity index is 581. The van der Waals surface area contributed by atoms with Crippen molar-refractivity contribution >= 4 is 44.8 Å². The molecule has 0 radical (unpaired) electrons. The summed E-state index contributed by atoms with van der Waals surface area (Å²) in [5.41, 5.74) is 2.85. The fraction of sp³-hybridized carbons (Fsp3) is 0.250. The van der Waals surface area contributed by atoms with Gasteiger partial charge in [-0.2, -0.15) is 5.10 Å². The highest BCUT2D eigenvalue weighted by atomic mass is 79.9. The molecular formula is C12H12BrCl2N3. The highest BCUT2D eigenvalue weighted by Gasteiger charge is 2.11. The topological polar surface area (TPSA) is 29.9 Å². The van der Waals surface area contributed by atoms with Gasteiger partial charge in [0.1, 0.15) is 5.15 Å². The number of nitrogens with zero attached hydrogens (tertiary/aromatic N) is 2. The first-order valence-electron chi connectivity index (χ1n) is 5.36. The number of aromatic nitrogens is 2. The molecule has 2 aromatic rings. The molecule has 3 nitrogen and oxygen atoms in total. The lowest BCUT2D eigenvalue weighted by Gasteiger charge is -2.09. The molecule has 0 saturated heterocycles. The average Bonchev–Trinajstić information content (AvgIpc) is 2.55. The number of hydrogen-bond donors (Lipinski definition) is 1. The van der Waals surface area contributed by atoms with Crippen LogP contribution in [0.4, 0.5) is 5.69 Å². The minimum Gasteiger partial charge on any atom is -0.380 e. The van der Waals surface area contributed by atoms with Crippen molar-refractivity contribution in [3.8, 4) is 0 Å². The minimum absolute atomic E-state index is 0.609. The van der Waals surface area contributed by atoms with Gasteiger partial charge in [-0.25, -0.2) is 0 Å². The molecular weight excluding hydrogens is 337 g/mol. The predicted molar refractivity (Wildman–Crippen MR) is 79.4 cm³/mol. The molecule has 18 heavy (non-hydrogen) atoms. The molecule has 1 aromatic heterocycles. The van der Waals surface area contributed by atoms with Crippen LogP contribution in [0.3, 0.4) is 0 Å². The number of rotatable bonds is 3. The van der Waals surface area contributed by atoms with Crippen molar-refractivity contribution in [1.82, 2.24) is 9.78 Å². The van der Waals surface area contributed by atoms with Crippen LogP contribution in [0.15, 0.2) is 22.7 Å². The summed E-state index contributed by atoms with van der Waals surface area (Å²) in [7, 11) is 1.83. The van der Waals surface area contributed by atoms with Crippen LogP contribution in [0, 0.1) is 6.92 Å². The second kappa shape index (κ2) is 5.51. The van der Waals surface area contributed by atoms with Gasteiger partial charge in [0, 0.05) is 28.7 Å². The molecule has 1 N–H and O–H groups in total. The van der Waals surface area contributed by atoms with Gasteiger partial charge in [0.2, 0.25) is 0 Å². The van der Waals surface area contributed by atoms with Crippen molar-refractivity contribution in [2.24, 2.45) is 7.05 Å². The molecule has 0 bridgehead atoms. The second-order valence-corrected chi connectivity index (χ2v) is 5.60. The standard InChI is InChI=1S/C12H12BrCl2N3/c1-7-9(12(15)18(2)17-7)6-16-11-5-8(14)3-4-10(11)13/h3-5,16H,6H2,1-2H3. The molecule has 0 amide bonds. The molecule has 0 aliphatic heterocycles. The molecule has 0 aliphatic rings. The number of halogens is 3. The van der Waals surface area contributed by atoms with E-state index < -0.39 is 0 Å². The van der Waals surface area contributed by atoms with Gasteiger partial charge in [0.15, 0.2) is 0 Å². The van der Waals surface area contributed by atoms with E-state index in [1.54, 1.807) is 4.68 Å². The second-order valence-electron chi connectivity index (χ2n) is 3.96. The van der Waals surface area contributed by atoms with E-state index in [0.29, 0.717) is 16.7 Å². The van der Waals surface area contributed by atoms with Crippen molar-refractivity contribution in [2.45, 2.75) is 13.5 Å². The van der Waals surface area contributed by atoms with E-state index in [1.807, 2.05) is 32.2 Å². The lowest BCUT2D eigenvalue weighted by atomic mass is 10.2. The van der Waals surface area contributed by atoms with Crippen molar-refractivity contribution in [3.05, 3.63) is 44.1 Å². The highest BCUT2D eigenvalue weighted by molar-refractivity contribution is 9.10. The van der Waals surface area contributed by atoms with Crippen molar-refractivity contribution in [2.75, 3.05) is 5.32 Å². The third-order valence-corrected chi connectivity index (χ3v) is 4.05. The molecule has 96 valence electrons. The summed E-state index contributed by atoms with van der Waals surface area (Å²) in [5.74, 6) is 0. The predicted octanol–water partition coefficient (Wildman–Crippen LogP) is 4.41. The van der Waals surface area contributed by atoms with Crippen LogP contribution in [0.5, 0.6) is 0 Å². The number of aryl methyl sites for hydroxylation is 2. The van der Waals surface area contributed by atoms with E-state index in [9.17, 15) is 0 Å². The summed E-state index contributed by atoms with van der Waals surface area (Å²) in [6.45, 7) is 2.55. The fourth-order valence-corrected chi connectivity index (χ4v) is 2.49. The summed E-state index contributed by atoms with van der Waals surface area (Å²) in [6, 6.07) is 5.60. The zero-order chi connectivity index (χ0) is 13.3. The molecule has 0 fully saturated rings. The fourth-order valence-electron chi connectivity index (χ4n) is 1.69. The maximum Gasteiger partial charge on any atom is 0.131 e. The molecule has 1 aromatic carbocycles. The van der Waals surface area contributed by atoms with Crippen LogP contribution in [-0.2, 0) is 13.6 Å². The van der Waals surface area contributed by atoms with E-state index in [0.717, 1.165) is 21.4 Å². The Hall–Kier alpha value is -0.710. The van der Waals surface area contributed by atoms with Crippen molar-refractivity contribution in [1.29, 1.82) is 0 Å². The van der Waals surface area contributed by atoms with Gasteiger partial charge >= 0.3 is 0 Å². The minimum atomic E-state index is 0.609. The van der Waals surface area contributed by atoms with Crippen LogP contribution < -0.4 is 5.32 Å². The Kier molecular flexibility index (Phi) is 4.20. The van der Waals surface area contributed by atoms with Gasteiger partial charge in [-0.15, -0.1) is 0 Å². The molecule has 0 aliphatic carbocycles. The van der Waals surface area contributed by atoms with Gasteiger partial charge in [-0.05, 0) is 41.1 Å². The van der Waals surface area contributed by atoms with E-state index in [-0.39, 0.29) is 0 Å². The number of benzene rings is 1. The summed E-state index contributed by atoms with van der Waals surface area (Å²) >= 11 is 15.6. The maximum absolute atomic E-state index is 6.17. The Morgan fingerprint density at radius 3 is 2.72 bits per heavy atom. The van der Waals surface area contributed by atoms with Gasteiger partial charge in [0.05, 0.1) is 11.4 Å². The maximum atomic E-state index is 6.17. The van der Waals surface area contributed by atoms with Crippen LogP contribution in [0.2, 0.25) is 10.2 Å². The van der Waals surface area contributed by atoms with E-state index in [1.165, 1.54) is 0 Å². The molecule has 0 atom stereocenters. The van der Waals surface area contributed by atoms with E-state index in [2.05, 4.69) is 26.3 Å². The third-order valence-electron chi connectivity index (χ3n) is 2.65. The van der Waals surface area contributed by atoms with Gasteiger partial charge in [0.25, 0.3) is 0 Å². The quantitative estimate of drug-likeness (QED) is 0.890. The Morgan fingerprint density at radius 2 is 2.11 bits per heavy atom. The first-order valence-corrected chi connectivity index (χ1v) is 6.91. The molecule has 0 spiro atoms. The largest absolute Gasteiger partial charge is 0.380 e.